The monoisotopic (exact) mass is 289 g/mol. The third-order valence-corrected chi connectivity index (χ3v) is 5.13. The Morgan fingerprint density at radius 1 is 1.38 bits per heavy atom. The van der Waals surface area contributed by atoms with E-state index in [1.165, 1.54) is 16.7 Å². The van der Waals surface area contributed by atoms with Crippen LogP contribution in [0.1, 0.15) is 55.8 Å². The lowest BCUT2D eigenvalue weighted by atomic mass is 9.82. The summed E-state index contributed by atoms with van der Waals surface area (Å²) in [6.07, 6.45) is 2.47. The number of nitrogens with zero attached hydrogens (tertiary/aromatic N) is 1. The van der Waals surface area contributed by atoms with Gasteiger partial charge in [0, 0.05) is 12.6 Å². The van der Waals surface area contributed by atoms with Crippen LogP contribution in [0.2, 0.25) is 0 Å². The van der Waals surface area contributed by atoms with Crippen LogP contribution in [0.5, 0.6) is 0 Å². The Morgan fingerprint density at radius 3 is 2.67 bits per heavy atom. The standard InChI is InChI=1S/C18H27NO2/c1-5-8-18(17(20)21)9-10-19(12-18)15(4)16-7-6-13(2)14(3)11-16/h6-7,11,15H,5,8-10,12H2,1-4H3,(H,20,21). The molecule has 1 aliphatic heterocycles. The lowest BCUT2D eigenvalue weighted by Gasteiger charge is -2.28. The van der Waals surface area contributed by atoms with Crippen molar-refractivity contribution < 1.29 is 9.90 Å². The lowest BCUT2D eigenvalue weighted by molar-refractivity contribution is -0.148. The molecule has 116 valence electrons. The van der Waals surface area contributed by atoms with E-state index in [1.54, 1.807) is 0 Å². The van der Waals surface area contributed by atoms with Gasteiger partial charge in [-0.15, -0.1) is 0 Å². The summed E-state index contributed by atoms with van der Waals surface area (Å²) in [7, 11) is 0. The number of benzene rings is 1. The second kappa shape index (κ2) is 6.18. The Morgan fingerprint density at radius 2 is 2.10 bits per heavy atom. The molecular formula is C18H27NO2. The number of carboxylic acids is 1. The summed E-state index contributed by atoms with van der Waals surface area (Å²) < 4.78 is 0. The maximum Gasteiger partial charge on any atom is 0.310 e. The van der Waals surface area contributed by atoms with E-state index in [9.17, 15) is 9.90 Å². The van der Waals surface area contributed by atoms with Crippen molar-refractivity contribution >= 4 is 5.97 Å². The zero-order valence-electron chi connectivity index (χ0n) is 13.6. The molecule has 0 saturated carbocycles. The highest BCUT2D eigenvalue weighted by molar-refractivity contribution is 5.75. The largest absolute Gasteiger partial charge is 0.481 e. The molecule has 2 atom stereocenters. The van der Waals surface area contributed by atoms with Gasteiger partial charge in [-0.25, -0.2) is 0 Å². The third kappa shape index (κ3) is 3.13. The average molecular weight is 289 g/mol. The summed E-state index contributed by atoms with van der Waals surface area (Å²) in [6, 6.07) is 6.85. The molecule has 0 aliphatic carbocycles. The SMILES string of the molecule is CCCC1(C(=O)O)CCN(C(C)c2ccc(C)c(C)c2)C1. The molecule has 1 aromatic carbocycles. The van der Waals surface area contributed by atoms with Crippen molar-refractivity contribution in [3.05, 3.63) is 34.9 Å². The molecule has 1 fully saturated rings. The molecule has 1 saturated heterocycles. The first kappa shape index (κ1) is 16.0. The molecule has 2 rings (SSSR count). The summed E-state index contributed by atoms with van der Waals surface area (Å²) in [6.45, 7) is 10.1. The maximum absolute atomic E-state index is 11.7. The van der Waals surface area contributed by atoms with E-state index in [1.807, 2.05) is 0 Å². The number of aryl methyl sites for hydroxylation is 2. The van der Waals surface area contributed by atoms with E-state index in [-0.39, 0.29) is 6.04 Å². The molecule has 0 amide bonds. The van der Waals surface area contributed by atoms with Gasteiger partial charge >= 0.3 is 5.97 Å². The summed E-state index contributed by atoms with van der Waals surface area (Å²) in [5, 5.41) is 9.62. The van der Waals surface area contributed by atoms with Crippen LogP contribution >= 0.6 is 0 Å². The predicted octanol–water partition coefficient (Wildman–Crippen LogP) is 3.94. The molecular weight excluding hydrogens is 262 g/mol. The van der Waals surface area contributed by atoms with E-state index in [0.29, 0.717) is 6.54 Å². The van der Waals surface area contributed by atoms with Crippen molar-refractivity contribution in [3.63, 3.8) is 0 Å². The normalized spacial score (nSPS) is 24.2. The Kier molecular flexibility index (Phi) is 4.72. The number of carbonyl (C=O) groups is 1. The Labute approximate surface area is 128 Å². The Hall–Kier alpha value is -1.35. The number of carboxylic acid groups (broad SMARTS) is 1. The van der Waals surface area contributed by atoms with Gasteiger partial charge in [-0.2, -0.15) is 0 Å². The van der Waals surface area contributed by atoms with E-state index in [2.05, 4.69) is 50.8 Å². The molecule has 0 aromatic heterocycles. The van der Waals surface area contributed by atoms with Gasteiger partial charge in [0.25, 0.3) is 0 Å². The molecule has 3 heteroatoms. The fourth-order valence-corrected chi connectivity index (χ4v) is 3.43. The zero-order chi connectivity index (χ0) is 15.6. The van der Waals surface area contributed by atoms with Gasteiger partial charge in [-0.05, 0) is 56.8 Å². The van der Waals surface area contributed by atoms with Crippen LogP contribution in [-0.4, -0.2) is 29.1 Å². The molecule has 2 unspecified atom stereocenters. The van der Waals surface area contributed by atoms with Gasteiger partial charge in [0.15, 0.2) is 0 Å². The minimum Gasteiger partial charge on any atom is -0.481 e. The van der Waals surface area contributed by atoms with E-state index < -0.39 is 11.4 Å². The molecule has 0 radical (unpaired) electrons. The van der Waals surface area contributed by atoms with Gasteiger partial charge in [0.05, 0.1) is 5.41 Å². The minimum atomic E-state index is -0.626. The Bertz CT molecular complexity index is 526. The van der Waals surface area contributed by atoms with E-state index in [0.717, 1.165) is 25.8 Å². The molecule has 1 aromatic rings. The van der Waals surface area contributed by atoms with E-state index >= 15 is 0 Å². The van der Waals surface area contributed by atoms with Crippen molar-refractivity contribution in [2.75, 3.05) is 13.1 Å². The average Bonchev–Trinajstić information content (AvgIpc) is 2.87. The fourth-order valence-electron chi connectivity index (χ4n) is 3.43. The molecule has 21 heavy (non-hydrogen) atoms. The molecule has 0 bridgehead atoms. The molecule has 1 aliphatic rings. The highest BCUT2D eigenvalue weighted by Gasteiger charge is 2.45. The molecule has 1 N–H and O–H groups in total. The van der Waals surface area contributed by atoms with Crippen LogP contribution in [0, 0.1) is 19.3 Å². The highest BCUT2D eigenvalue weighted by atomic mass is 16.4. The number of hydrogen-bond acceptors (Lipinski definition) is 2. The van der Waals surface area contributed by atoms with Gasteiger partial charge in [0.2, 0.25) is 0 Å². The molecule has 0 spiro atoms. The third-order valence-electron chi connectivity index (χ3n) is 5.13. The first-order valence-electron chi connectivity index (χ1n) is 7.94. The van der Waals surface area contributed by atoms with Crippen molar-refractivity contribution in [1.82, 2.24) is 4.90 Å². The second-order valence-electron chi connectivity index (χ2n) is 6.58. The minimum absolute atomic E-state index is 0.280. The van der Waals surface area contributed by atoms with Gasteiger partial charge in [-0.1, -0.05) is 31.5 Å². The second-order valence-corrected chi connectivity index (χ2v) is 6.58. The highest BCUT2D eigenvalue weighted by Crippen LogP contribution is 2.39. The van der Waals surface area contributed by atoms with Crippen molar-refractivity contribution in [2.45, 2.75) is 53.0 Å². The summed E-state index contributed by atoms with van der Waals surface area (Å²) in [5.41, 5.74) is 3.36. The first-order chi connectivity index (χ1) is 9.89. The summed E-state index contributed by atoms with van der Waals surface area (Å²) >= 11 is 0. The Balaban J connectivity index is 2.16. The predicted molar refractivity (Wildman–Crippen MR) is 85.5 cm³/mol. The van der Waals surface area contributed by atoms with Crippen LogP contribution < -0.4 is 0 Å². The molecule has 3 nitrogen and oxygen atoms in total. The van der Waals surface area contributed by atoms with Crippen LogP contribution in [0.4, 0.5) is 0 Å². The van der Waals surface area contributed by atoms with Gasteiger partial charge < -0.3 is 5.11 Å². The number of aliphatic carboxylic acids is 1. The first-order valence-corrected chi connectivity index (χ1v) is 7.94. The van der Waals surface area contributed by atoms with Crippen LogP contribution in [0.3, 0.4) is 0 Å². The van der Waals surface area contributed by atoms with E-state index in [4.69, 9.17) is 0 Å². The maximum atomic E-state index is 11.7. The lowest BCUT2D eigenvalue weighted by Crippen LogP contribution is -2.35. The topological polar surface area (TPSA) is 40.5 Å². The smallest absolute Gasteiger partial charge is 0.310 e. The number of hydrogen-bond donors (Lipinski definition) is 1. The van der Waals surface area contributed by atoms with Crippen LogP contribution in [0.15, 0.2) is 18.2 Å². The van der Waals surface area contributed by atoms with Gasteiger partial charge in [0.1, 0.15) is 0 Å². The number of rotatable bonds is 5. The quantitative estimate of drug-likeness (QED) is 0.892. The summed E-state index contributed by atoms with van der Waals surface area (Å²) in [4.78, 5) is 14.0. The van der Waals surface area contributed by atoms with Crippen molar-refractivity contribution in [3.8, 4) is 0 Å². The van der Waals surface area contributed by atoms with Gasteiger partial charge in [-0.3, -0.25) is 9.69 Å². The summed E-state index contributed by atoms with van der Waals surface area (Å²) in [5.74, 6) is -0.626. The number of likely N-dealkylation sites (tertiary alicyclic amines) is 1. The molecule has 1 heterocycles. The van der Waals surface area contributed by atoms with Crippen molar-refractivity contribution in [2.24, 2.45) is 5.41 Å². The van der Waals surface area contributed by atoms with Crippen molar-refractivity contribution in [1.29, 1.82) is 0 Å². The van der Waals surface area contributed by atoms with Crippen LogP contribution in [0.25, 0.3) is 0 Å². The zero-order valence-corrected chi connectivity index (χ0v) is 13.6. The fraction of sp³-hybridized carbons (Fsp3) is 0.611. The van der Waals surface area contributed by atoms with Crippen LogP contribution in [-0.2, 0) is 4.79 Å².